The van der Waals surface area contributed by atoms with Crippen molar-refractivity contribution in [3.8, 4) is 5.75 Å². The third kappa shape index (κ3) is 4.50. The van der Waals surface area contributed by atoms with E-state index in [4.69, 9.17) is 27.9 Å². The number of amides is 1. The molecule has 1 atom stereocenters. The van der Waals surface area contributed by atoms with E-state index in [1.807, 2.05) is 13.0 Å². The second-order valence-corrected chi connectivity index (χ2v) is 5.86. The number of methoxy groups -OCH3 is 1. The molecule has 2 rings (SSSR count). The molecular weight excluding hydrogens is 337 g/mol. The van der Waals surface area contributed by atoms with E-state index in [0.29, 0.717) is 27.3 Å². The lowest BCUT2D eigenvalue weighted by Gasteiger charge is -2.18. The minimum atomic E-state index is -0.498. The van der Waals surface area contributed by atoms with Gasteiger partial charge in [-0.3, -0.25) is 4.79 Å². The van der Waals surface area contributed by atoms with Gasteiger partial charge in [0.2, 0.25) is 5.91 Å². The van der Waals surface area contributed by atoms with Gasteiger partial charge in [-0.25, -0.2) is 4.98 Å². The average Bonchev–Trinajstić information content (AvgIpc) is 2.52. The van der Waals surface area contributed by atoms with Crippen molar-refractivity contribution in [2.45, 2.75) is 19.9 Å². The maximum Gasteiger partial charge on any atom is 0.247 e. The van der Waals surface area contributed by atoms with Crippen LogP contribution >= 0.6 is 23.2 Å². The maximum atomic E-state index is 12.2. The largest absolute Gasteiger partial charge is 0.495 e. The Morgan fingerprint density at radius 3 is 2.65 bits per heavy atom. The van der Waals surface area contributed by atoms with Gasteiger partial charge < -0.3 is 15.4 Å². The summed E-state index contributed by atoms with van der Waals surface area (Å²) < 4.78 is 5.29. The standard InChI is InChI=1S/C16H17Cl2N3O2/c1-9-6-13(14(23-3)7-12(9)18)20-10(2)16(22)21-15-5-4-11(17)8-19-15/h4-8,10,20H,1-3H3,(H,19,21,22)/t10-/m1/s1. The summed E-state index contributed by atoms with van der Waals surface area (Å²) in [5.41, 5.74) is 1.59. The Balaban J connectivity index is 2.09. The number of ether oxygens (including phenoxy) is 1. The Morgan fingerprint density at radius 1 is 1.30 bits per heavy atom. The van der Waals surface area contributed by atoms with Gasteiger partial charge in [0.25, 0.3) is 0 Å². The van der Waals surface area contributed by atoms with E-state index in [1.54, 1.807) is 32.2 Å². The SMILES string of the molecule is COc1cc(Cl)c(C)cc1N[C@H](C)C(=O)Nc1ccc(Cl)cn1. The van der Waals surface area contributed by atoms with Crippen LogP contribution in [0, 0.1) is 6.92 Å². The van der Waals surface area contributed by atoms with Crippen molar-refractivity contribution in [3.05, 3.63) is 46.1 Å². The Kier molecular flexibility index (Phi) is 5.69. The summed E-state index contributed by atoms with van der Waals surface area (Å²) in [7, 11) is 1.55. The molecule has 0 saturated carbocycles. The first kappa shape index (κ1) is 17.4. The van der Waals surface area contributed by atoms with Crippen LogP contribution in [-0.4, -0.2) is 24.0 Å². The number of nitrogens with one attached hydrogen (secondary N) is 2. The fraction of sp³-hybridized carbons (Fsp3) is 0.250. The van der Waals surface area contributed by atoms with Crippen LogP contribution in [0.5, 0.6) is 5.75 Å². The van der Waals surface area contributed by atoms with Gasteiger partial charge >= 0.3 is 0 Å². The van der Waals surface area contributed by atoms with Crippen molar-refractivity contribution < 1.29 is 9.53 Å². The van der Waals surface area contributed by atoms with Crippen LogP contribution in [0.1, 0.15) is 12.5 Å². The minimum absolute atomic E-state index is 0.227. The van der Waals surface area contributed by atoms with Crippen molar-refractivity contribution in [2.75, 3.05) is 17.7 Å². The van der Waals surface area contributed by atoms with Crippen LogP contribution in [0.15, 0.2) is 30.5 Å². The van der Waals surface area contributed by atoms with Gasteiger partial charge in [0.1, 0.15) is 17.6 Å². The molecule has 0 aliphatic carbocycles. The van der Waals surface area contributed by atoms with Gasteiger partial charge in [-0.15, -0.1) is 0 Å². The highest BCUT2D eigenvalue weighted by atomic mass is 35.5. The number of hydrogen-bond donors (Lipinski definition) is 2. The van der Waals surface area contributed by atoms with Crippen LogP contribution in [0.2, 0.25) is 10.0 Å². The van der Waals surface area contributed by atoms with E-state index in [-0.39, 0.29) is 5.91 Å². The molecule has 0 aliphatic heterocycles. The Hall–Kier alpha value is -1.98. The second-order valence-electron chi connectivity index (χ2n) is 5.02. The molecule has 0 radical (unpaired) electrons. The van der Waals surface area contributed by atoms with E-state index < -0.39 is 6.04 Å². The molecule has 0 spiro atoms. The van der Waals surface area contributed by atoms with Crippen LogP contribution < -0.4 is 15.4 Å². The molecule has 0 bridgehead atoms. The molecule has 1 aromatic carbocycles. The van der Waals surface area contributed by atoms with Gasteiger partial charge in [0.05, 0.1) is 17.8 Å². The predicted octanol–water partition coefficient (Wildman–Crippen LogP) is 4.14. The molecule has 1 amide bonds. The molecule has 2 aromatic rings. The highest BCUT2D eigenvalue weighted by Crippen LogP contribution is 2.31. The van der Waals surface area contributed by atoms with Crippen LogP contribution in [0.3, 0.4) is 0 Å². The Labute approximate surface area is 145 Å². The summed E-state index contributed by atoms with van der Waals surface area (Å²) in [6.45, 7) is 3.63. The lowest BCUT2D eigenvalue weighted by atomic mass is 10.2. The number of anilines is 2. The number of rotatable bonds is 5. The number of hydrogen-bond acceptors (Lipinski definition) is 4. The molecule has 0 aliphatic rings. The molecule has 5 nitrogen and oxygen atoms in total. The lowest BCUT2D eigenvalue weighted by molar-refractivity contribution is -0.116. The zero-order valence-electron chi connectivity index (χ0n) is 13.0. The number of benzene rings is 1. The molecule has 122 valence electrons. The third-order valence-electron chi connectivity index (χ3n) is 3.22. The monoisotopic (exact) mass is 353 g/mol. The highest BCUT2D eigenvalue weighted by Gasteiger charge is 2.16. The summed E-state index contributed by atoms with van der Waals surface area (Å²) >= 11 is 11.8. The zero-order valence-corrected chi connectivity index (χ0v) is 14.5. The number of aryl methyl sites for hydroxylation is 1. The Bertz CT molecular complexity index is 705. The fourth-order valence-electron chi connectivity index (χ4n) is 1.93. The van der Waals surface area contributed by atoms with Crippen LogP contribution in [-0.2, 0) is 4.79 Å². The smallest absolute Gasteiger partial charge is 0.247 e. The molecule has 0 fully saturated rings. The van der Waals surface area contributed by atoms with Crippen LogP contribution in [0.4, 0.5) is 11.5 Å². The van der Waals surface area contributed by atoms with Gasteiger partial charge in [-0.1, -0.05) is 23.2 Å². The van der Waals surface area contributed by atoms with Gasteiger partial charge in [0, 0.05) is 17.3 Å². The summed E-state index contributed by atoms with van der Waals surface area (Å²) in [6, 6.07) is 6.35. The maximum absolute atomic E-state index is 12.2. The molecular formula is C16H17Cl2N3O2. The highest BCUT2D eigenvalue weighted by molar-refractivity contribution is 6.31. The fourth-order valence-corrected chi connectivity index (χ4v) is 2.19. The van der Waals surface area contributed by atoms with E-state index >= 15 is 0 Å². The van der Waals surface area contributed by atoms with E-state index in [0.717, 1.165) is 5.56 Å². The number of carbonyl (C=O) groups excluding carboxylic acids is 1. The third-order valence-corrected chi connectivity index (χ3v) is 3.86. The van der Waals surface area contributed by atoms with Crippen molar-refractivity contribution in [1.82, 2.24) is 4.98 Å². The quantitative estimate of drug-likeness (QED) is 0.847. The van der Waals surface area contributed by atoms with Crippen molar-refractivity contribution in [1.29, 1.82) is 0 Å². The molecule has 1 heterocycles. The normalized spacial score (nSPS) is 11.7. The summed E-state index contributed by atoms with van der Waals surface area (Å²) in [5.74, 6) is 0.784. The second kappa shape index (κ2) is 7.53. The molecule has 0 saturated heterocycles. The van der Waals surface area contributed by atoms with Gasteiger partial charge in [-0.05, 0) is 37.6 Å². The number of carbonyl (C=O) groups is 1. The number of aromatic nitrogens is 1. The minimum Gasteiger partial charge on any atom is -0.495 e. The topological polar surface area (TPSA) is 63.2 Å². The molecule has 7 heteroatoms. The summed E-state index contributed by atoms with van der Waals surface area (Å²) in [6.07, 6.45) is 1.47. The van der Waals surface area contributed by atoms with E-state index in [2.05, 4.69) is 15.6 Å². The van der Waals surface area contributed by atoms with E-state index in [1.165, 1.54) is 6.20 Å². The van der Waals surface area contributed by atoms with E-state index in [9.17, 15) is 4.79 Å². The first-order valence-corrected chi connectivity index (χ1v) is 7.69. The van der Waals surface area contributed by atoms with Gasteiger partial charge in [0.15, 0.2) is 0 Å². The average molecular weight is 354 g/mol. The summed E-state index contributed by atoms with van der Waals surface area (Å²) in [5, 5.41) is 6.94. The number of halogens is 2. The zero-order chi connectivity index (χ0) is 17.0. The molecule has 1 aromatic heterocycles. The van der Waals surface area contributed by atoms with Crippen molar-refractivity contribution in [3.63, 3.8) is 0 Å². The van der Waals surface area contributed by atoms with Crippen LogP contribution in [0.25, 0.3) is 0 Å². The van der Waals surface area contributed by atoms with Crippen molar-refractivity contribution in [2.24, 2.45) is 0 Å². The lowest BCUT2D eigenvalue weighted by Crippen LogP contribution is -2.32. The first-order chi connectivity index (χ1) is 10.9. The summed E-state index contributed by atoms with van der Waals surface area (Å²) in [4.78, 5) is 16.3. The number of pyridine rings is 1. The predicted molar refractivity (Wildman–Crippen MR) is 93.7 cm³/mol. The van der Waals surface area contributed by atoms with Crippen molar-refractivity contribution >= 4 is 40.6 Å². The first-order valence-electron chi connectivity index (χ1n) is 6.94. The molecule has 0 unspecified atom stereocenters. The molecule has 2 N–H and O–H groups in total. The Morgan fingerprint density at radius 2 is 2.04 bits per heavy atom. The molecule has 23 heavy (non-hydrogen) atoms. The van der Waals surface area contributed by atoms with Gasteiger partial charge in [-0.2, -0.15) is 0 Å². The number of nitrogens with zero attached hydrogens (tertiary/aromatic N) is 1.